The number of halogens is 1. The molecule has 0 atom stereocenters. The number of hydrogen-bond acceptors (Lipinski definition) is 2. The van der Waals surface area contributed by atoms with E-state index >= 15 is 0 Å². The number of nitrogens with zero attached hydrogens (tertiary/aromatic N) is 1. The lowest BCUT2D eigenvalue weighted by molar-refractivity contribution is 0.126. The minimum Gasteiger partial charge on any atom is -0.329 e. The third kappa shape index (κ3) is 3.29. The van der Waals surface area contributed by atoms with E-state index in [4.69, 9.17) is 5.73 Å². The molecule has 0 radical (unpaired) electrons. The van der Waals surface area contributed by atoms with Crippen molar-refractivity contribution in [3.63, 3.8) is 0 Å². The van der Waals surface area contributed by atoms with Gasteiger partial charge in [0.2, 0.25) is 0 Å². The van der Waals surface area contributed by atoms with Crippen molar-refractivity contribution in [2.45, 2.75) is 32.9 Å². The van der Waals surface area contributed by atoms with E-state index in [1.54, 1.807) is 0 Å². The van der Waals surface area contributed by atoms with Crippen LogP contribution in [0.4, 0.5) is 4.39 Å². The van der Waals surface area contributed by atoms with Gasteiger partial charge in [-0.2, -0.15) is 0 Å². The molecule has 16 heavy (non-hydrogen) atoms. The Morgan fingerprint density at radius 3 is 2.25 bits per heavy atom. The van der Waals surface area contributed by atoms with E-state index in [1.807, 2.05) is 12.1 Å². The van der Waals surface area contributed by atoms with Crippen LogP contribution < -0.4 is 5.73 Å². The SMILES string of the molecule is CCN(Cc1ccc(F)cc1)C(C)(C)CN. The first-order valence-electron chi connectivity index (χ1n) is 5.69. The fourth-order valence-corrected chi connectivity index (χ4v) is 1.69. The molecule has 0 saturated carbocycles. The summed E-state index contributed by atoms with van der Waals surface area (Å²) in [5.41, 5.74) is 6.85. The molecule has 0 heterocycles. The molecule has 2 nitrogen and oxygen atoms in total. The molecule has 0 aromatic heterocycles. The van der Waals surface area contributed by atoms with Gasteiger partial charge in [0.25, 0.3) is 0 Å². The number of hydrogen-bond donors (Lipinski definition) is 1. The summed E-state index contributed by atoms with van der Waals surface area (Å²) < 4.78 is 12.8. The first-order chi connectivity index (χ1) is 7.49. The van der Waals surface area contributed by atoms with E-state index in [9.17, 15) is 4.39 Å². The molecule has 0 spiro atoms. The minimum atomic E-state index is -0.190. The molecule has 2 N–H and O–H groups in total. The minimum absolute atomic E-state index is 0.0247. The van der Waals surface area contributed by atoms with Crippen molar-refractivity contribution in [1.29, 1.82) is 0 Å². The van der Waals surface area contributed by atoms with Crippen LogP contribution >= 0.6 is 0 Å². The molecular formula is C13H21FN2. The van der Waals surface area contributed by atoms with Gasteiger partial charge in [0.1, 0.15) is 5.82 Å². The molecule has 1 rings (SSSR count). The molecule has 0 aliphatic carbocycles. The van der Waals surface area contributed by atoms with Gasteiger partial charge >= 0.3 is 0 Å². The van der Waals surface area contributed by atoms with Crippen LogP contribution in [0, 0.1) is 5.82 Å². The largest absolute Gasteiger partial charge is 0.329 e. The van der Waals surface area contributed by atoms with Crippen molar-refractivity contribution in [1.82, 2.24) is 4.90 Å². The van der Waals surface area contributed by atoms with E-state index in [1.165, 1.54) is 12.1 Å². The van der Waals surface area contributed by atoms with Gasteiger partial charge in [-0.05, 0) is 38.1 Å². The molecule has 0 saturated heterocycles. The highest BCUT2D eigenvalue weighted by molar-refractivity contribution is 5.16. The van der Waals surface area contributed by atoms with Crippen LogP contribution in [-0.4, -0.2) is 23.5 Å². The lowest BCUT2D eigenvalue weighted by Crippen LogP contribution is -2.48. The van der Waals surface area contributed by atoms with Crippen LogP contribution in [0.3, 0.4) is 0 Å². The number of likely N-dealkylation sites (N-methyl/N-ethyl adjacent to an activating group) is 1. The fourth-order valence-electron chi connectivity index (χ4n) is 1.69. The van der Waals surface area contributed by atoms with Crippen molar-refractivity contribution in [2.24, 2.45) is 5.73 Å². The highest BCUT2D eigenvalue weighted by atomic mass is 19.1. The van der Waals surface area contributed by atoms with Gasteiger partial charge in [-0.3, -0.25) is 4.90 Å². The summed E-state index contributed by atoms with van der Waals surface area (Å²) in [6, 6.07) is 6.65. The molecule has 1 aromatic carbocycles. The van der Waals surface area contributed by atoms with Crippen LogP contribution in [0.15, 0.2) is 24.3 Å². The van der Waals surface area contributed by atoms with Gasteiger partial charge in [-0.1, -0.05) is 19.1 Å². The zero-order valence-electron chi connectivity index (χ0n) is 10.3. The Balaban J connectivity index is 2.74. The third-order valence-corrected chi connectivity index (χ3v) is 3.02. The average Bonchev–Trinajstić information content (AvgIpc) is 2.28. The zero-order valence-corrected chi connectivity index (χ0v) is 10.3. The quantitative estimate of drug-likeness (QED) is 0.832. The van der Waals surface area contributed by atoms with E-state index in [0.29, 0.717) is 6.54 Å². The Labute approximate surface area is 97.3 Å². The Morgan fingerprint density at radius 1 is 1.25 bits per heavy atom. The normalized spacial score (nSPS) is 12.1. The van der Waals surface area contributed by atoms with Crippen LogP contribution in [0.1, 0.15) is 26.3 Å². The molecule has 0 amide bonds. The Kier molecular flexibility index (Phi) is 4.44. The van der Waals surface area contributed by atoms with E-state index in [0.717, 1.165) is 18.7 Å². The van der Waals surface area contributed by atoms with Crippen LogP contribution in [0.2, 0.25) is 0 Å². The summed E-state index contributed by atoms with van der Waals surface area (Å²) in [6.45, 7) is 8.71. The topological polar surface area (TPSA) is 29.3 Å². The summed E-state index contributed by atoms with van der Waals surface area (Å²) in [7, 11) is 0. The summed E-state index contributed by atoms with van der Waals surface area (Å²) in [5.74, 6) is -0.190. The van der Waals surface area contributed by atoms with Crippen LogP contribution in [0.5, 0.6) is 0 Å². The van der Waals surface area contributed by atoms with E-state index in [2.05, 4.69) is 25.7 Å². The maximum atomic E-state index is 12.8. The first-order valence-corrected chi connectivity index (χ1v) is 5.69. The zero-order chi connectivity index (χ0) is 12.2. The monoisotopic (exact) mass is 224 g/mol. The van der Waals surface area contributed by atoms with Crippen molar-refractivity contribution in [2.75, 3.05) is 13.1 Å². The van der Waals surface area contributed by atoms with Crippen LogP contribution in [-0.2, 0) is 6.54 Å². The van der Waals surface area contributed by atoms with Crippen molar-refractivity contribution in [3.05, 3.63) is 35.6 Å². The van der Waals surface area contributed by atoms with Gasteiger partial charge in [-0.25, -0.2) is 4.39 Å². The predicted molar refractivity (Wildman–Crippen MR) is 65.6 cm³/mol. The molecule has 1 aromatic rings. The summed E-state index contributed by atoms with van der Waals surface area (Å²) in [5, 5.41) is 0. The Hall–Kier alpha value is -0.930. The average molecular weight is 224 g/mol. The standard InChI is InChI=1S/C13H21FN2/c1-4-16(13(2,3)10-15)9-11-5-7-12(14)8-6-11/h5-8H,4,9-10,15H2,1-3H3. The fraction of sp³-hybridized carbons (Fsp3) is 0.538. The highest BCUT2D eigenvalue weighted by Gasteiger charge is 2.23. The predicted octanol–water partition coefficient (Wildman–Crippen LogP) is 2.38. The van der Waals surface area contributed by atoms with Gasteiger partial charge in [0.05, 0.1) is 0 Å². The van der Waals surface area contributed by atoms with Gasteiger partial charge < -0.3 is 5.73 Å². The lowest BCUT2D eigenvalue weighted by atomic mass is 10.0. The number of rotatable bonds is 5. The molecule has 0 bridgehead atoms. The highest BCUT2D eigenvalue weighted by Crippen LogP contribution is 2.16. The van der Waals surface area contributed by atoms with Gasteiger partial charge in [0, 0.05) is 18.6 Å². The summed E-state index contributed by atoms with van der Waals surface area (Å²) >= 11 is 0. The summed E-state index contributed by atoms with van der Waals surface area (Å²) in [4.78, 5) is 2.29. The number of benzene rings is 1. The van der Waals surface area contributed by atoms with Gasteiger partial charge in [-0.15, -0.1) is 0 Å². The molecular weight excluding hydrogens is 203 g/mol. The Morgan fingerprint density at radius 2 is 1.81 bits per heavy atom. The second kappa shape index (κ2) is 5.41. The van der Waals surface area contributed by atoms with Crippen molar-refractivity contribution in [3.8, 4) is 0 Å². The second-order valence-corrected chi connectivity index (χ2v) is 4.66. The maximum Gasteiger partial charge on any atom is 0.123 e. The van der Waals surface area contributed by atoms with Gasteiger partial charge in [0.15, 0.2) is 0 Å². The summed E-state index contributed by atoms with van der Waals surface area (Å²) in [6.07, 6.45) is 0. The molecule has 0 aliphatic heterocycles. The smallest absolute Gasteiger partial charge is 0.123 e. The number of nitrogens with two attached hydrogens (primary N) is 1. The first kappa shape index (κ1) is 13.1. The van der Waals surface area contributed by atoms with E-state index in [-0.39, 0.29) is 11.4 Å². The molecule has 3 heteroatoms. The third-order valence-electron chi connectivity index (χ3n) is 3.02. The van der Waals surface area contributed by atoms with Crippen LogP contribution in [0.25, 0.3) is 0 Å². The van der Waals surface area contributed by atoms with E-state index < -0.39 is 0 Å². The van der Waals surface area contributed by atoms with Crippen molar-refractivity contribution >= 4 is 0 Å². The second-order valence-electron chi connectivity index (χ2n) is 4.66. The maximum absolute atomic E-state index is 12.8. The lowest BCUT2D eigenvalue weighted by Gasteiger charge is -2.37. The molecule has 0 unspecified atom stereocenters. The molecule has 0 fully saturated rings. The molecule has 0 aliphatic rings. The van der Waals surface area contributed by atoms with Crippen molar-refractivity contribution < 1.29 is 4.39 Å². The molecule has 90 valence electrons. The Bertz CT molecular complexity index is 319.